The molecule has 0 spiro atoms. The number of nitrogens with zero attached hydrogens (tertiary/aromatic N) is 2. The van der Waals surface area contributed by atoms with Gasteiger partial charge in [-0.05, 0) is 60.2 Å². The highest BCUT2D eigenvalue weighted by Crippen LogP contribution is 2.29. The van der Waals surface area contributed by atoms with E-state index < -0.39 is 0 Å². The molecule has 0 aromatic heterocycles. The van der Waals surface area contributed by atoms with E-state index in [2.05, 4.69) is 64.7 Å². The SMILES string of the molecule is COc1cc(SC)ccc1C(=O)NC1=Nc2ccccc2C1.Cc1ccc(C2=Nc3ccccc3C2)cc1. The van der Waals surface area contributed by atoms with Crippen molar-refractivity contribution in [1.82, 2.24) is 5.32 Å². The number of carbonyl (C=O) groups is 1. The Kier molecular flexibility index (Phi) is 7.70. The number of hydrogen-bond donors (Lipinski definition) is 1. The van der Waals surface area contributed by atoms with Crippen LogP contribution in [0.3, 0.4) is 0 Å². The lowest BCUT2D eigenvalue weighted by Gasteiger charge is -2.10. The highest BCUT2D eigenvalue weighted by molar-refractivity contribution is 7.98. The molecule has 6 heteroatoms. The van der Waals surface area contributed by atoms with Crippen molar-refractivity contribution in [3.63, 3.8) is 0 Å². The second-order valence-electron chi connectivity index (χ2n) is 9.11. The number of carbonyl (C=O) groups excluding carboxylic acids is 1. The van der Waals surface area contributed by atoms with Crippen LogP contribution in [0.15, 0.2) is 106 Å². The monoisotopic (exact) mass is 519 g/mol. The van der Waals surface area contributed by atoms with Crippen LogP contribution in [0, 0.1) is 6.92 Å². The molecule has 6 rings (SSSR count). The van der Waals surface area contributed by atoms with Gasteiger partial charge in [-0.2, -0.15) is 0 Å². The molecule has 1 amide bonds. The van der Waals surface area contributed by atoms with E-state index in [-0.39, 0.29) is 5.91 Å². The van der Waals surface area contributed by atoms with Crippen molar-refractivity contribution in [2.45, 2.75) is 24.7 Å². The predicted octanol–water partition coefficient (Wildman–Crippen LogP) is 7.11. The van der Waals surface area contributed by atoms with E-state index in [9.17, 15) is 4.79 Å². The summed E-state index contributed by atoms with van der Waals surface area (Å²) in [6, 6.07) is 30.4. The van der Waals surface area contributed by atoms with Gasteiger partial charge in [-0.25, -0.2) is 4.99 Å². The zero-order valence-corrected chi connectivity index (χ0v) is 22.5. The zero-order chi connectivity index (χ0) is 26.5. The van der Waals surface area contributed by atoms with Crippen LogP contribution in [0.5, 0.6) is 5.75 Å². The van der Waals surface area contributed by atoms with E-state index in [0.29, 0.717) is 23.6 Å². The van der Waals surface area contributed by atoms with Crippen LogP contribution in [0.1, 0.15) is 32.6 Å². The van der Waals surface area contributed by atoms with Gasteiger partial charge in [-0.3, -0.25) is 9.79 Å². The fourth-order valence-corrected chi connectivity index (χ4v) is 4.87. The summed E-state index contributed by atoms with van der Waals surface area (Å²) in [5.74, 6) is 1.04. The summed E-state index contributed by atoms with van der Waals surface area (Å²) in [6.07, 6.45) is 3.59. The molecule has 0 atom stereocenters. The number of amides is 1. The van der Waals surface area contributed by atoms with Gasteiger partial charge in [0.1, 0.15) is 11.6 Å². The maximum absolute atomic E-state index is 12.5. The summed E-state index contributed by atoms with van der Waals surface area (Å²) in [5, 5.41) is 2.88. The number of aliphatic imine (C=N–C) groups is 2. The van der Waals surface area contributed by atoms with Crippen LogP contribution in [0.25, 0.3) is 0 Å². The average Bonchev–Trinajstić information content (AvgIpc) is 3.57. The normalized spacial score (nSPS) is 12.9. The van der Waals surface area contributed by atoms with Gasteiger partial charge in [0.2, 0.25) is 0 Å². The molecule has 2 aliphatic heterocycles. The second-order valence-corrected chi connectivity index (χ2v) is 9.99. The van der Waals surface area contributed by atoms with E-state index in [0.717, 1.165) is 28.3 Å². The minimum absolute atomic E-state index is 0.198. The number of rotatable bonds is 4. The lowest BCUT2D eigenvalue weighted by Crippen LogP contribution is -2.30. The van der Waals surface area contributed by atoms with E-state index in [4.69, 9.17) is 4.74 Å². The lowest BCUT2D eigenvalue weighted by molar-refractivity contribution is 0.0973. The molecule has 4 aromatic rings. The van der Waals surface area contributed by atoms with Crippen molar-refractivity contribution >= 4 is 40.6 Å². The number of para-hydroxylation sites is 2. The first-order chi connectivity index (χ1) is 18.5. The predicted molar refractivity (Wildman–Crippen MR) is 157 cm³/mol. The number of nitrogens with one attached hydrogen (secondary N) is 1. The number of hydrogen-bond acceptors (Lipinski definition) is 5. The Morgan fingerprint density at radius 1 is 0.842 bits per heavy atom. The number of benzene rings is 4. The zero-order valence-electron chi connectivity index (χ0n) is 21.7. The average molecular weight is 520 g/mol. The van der Waals surface area contributed by atoms with Crippen LogP contribution in [0.4, 0.5) is 11.4 Å². The van der Waals surface area contributed by atoms with E-state index in [1.54, 1.807) is 24.9 Å². The molecule has 5 nitrogen and oxygen atoms in total. The van der Waals surface area contributed by atoms with Gasteiger partial charge in [0, 0.05) is 17.7 Å². The fraction of sp³-hybridized carbons (Fsp3) is 0.156. The summed E-state index contributed by atoms with van der Waals surface area (Å²) in [4.78, 5) is 22.6. The van der Waals surface area contributed by atoms with Crippen molar-refractivity contribution in [2.24, 2.45) is 9.98 Å². The van der Waals surface area contributed by atoms with Gasteiger partial charge in [0.25, 0.3) is 5.91 Å². The molecular formula is C32H29N3O2S. The maximum atomic E-state index is 12.5. The highest BCUT2D eigenvalue weighted by Gasteiger charge is 2.19. The first-order valence-corrected chi connectivity index (χ1v) is 13.7. The quantitative estimate of drug-likeness (QED) is 0.292. The van der Waals surface area contributed by atoms with Gasteiger partial charge in [-0.15, -0.1) is 11.8 Å². The largest absolute Gasteiger partial charge is 0.496 e. The highest BCUT2D eigenvalue weighted by atomic mass is 32.2. The summed E-state index contributed by atoms with van der Waals surface area (Å²) < 4.78 is 5.32. The molecule has 4 aromatic carbocycles. The molecule has 0 saturated heterocycles. The molecule has 1 N–H and O–H groups in total. The molecule has 0 saturated carbocycles. The maximum Gasteiger partial charge on any atom is 0.260 e. The number of methoxy groups -OCH3 is 1. The molecule has 38 heavy (non-hydrogen) atoms. The van der Waals surface area contributed by atoms with Crippen molar-refractivity contribution in [2.75, 3.05) is 13.4 Å². The summed E-state index contributed by atoms with van der Waals surface area (Å²) in [7, 11) is 1.57. The summed E-state index contributed by atoms with van der Waals surface area (Å²) in [6.45, 7) is 2.11. The third-order valence-electron chi connectivity index (χ3n) is 6.51. The Hall–Kier alpha value is -4.16. The molecule has 0 radical (unpaired) electrons. The Bertz CT molecular complexity index is 1540. The third-order valence-corrected chi connectivity index (χ3v) is 7.23. The Morgan fingerprint density at radius 3 is 2.13 bits per heavy atom. The molecule has 0 unspecified atom stereocenters. The van der Waals surface area contributed by atoms with Crippen LogP contribution in [-0.2, 0) is 12.8 Å². The van der Waals surface area contributed by atoms with E-state index >= 15 is 0 Å². The topological polar surface area (TPSA) is 63.0 Å². The smallest absolute Gasteiger partial charge is 0.260 e. The van der Waals surface area contributed by atoms with Crippen LogP contribution >= 0.6 is 11.8 Å². The van der Waals surface area contributed by atoms with Crippen LogP contribution in [0.2, 0.25) is 0 Å². The molecule has 0 aliphatic carbocycles. The molecule has 0 fully saturated rings. The molecule has 2 aliphatic rings. The Balaban J connectivity index is 0.000000162. The summed E-state index contributed by atoms with van der Waals surface area (Å²) >= 11 is 1.61. The van der Waals surface area contributed by atoms with Crippen molar-refractivity contribution in [3.8, 4) is 5.75 Å². The number of aryl methyl sites for hydroxylation is 1. The fourth-order valence-electron chi connectivity index (χ4n) is 4.44. The number of ether oxygens (including phenoxy) is 1. The molecule has 0 bridgehead atoms. The van der Waals surface area contributed by atoms with Crippen LogP contribution < -0.4 is 10.1 Å². The number of thioether (sulfide) groups is 1. The third kappa shape index (κ3) is 5.71. The Labute approximate surface area is 227 Å². The second kappa shape index (κ2) is 11.5. The number of amidine groups is 1. The van der Waals surface area contributed by atoms with Crippen molar-refractivity contribution in [1.29, 1.82) is 0 Å². The molecular weight excluding hydrogens is 490 g/mol. The number of fused-ring (bicyclic) bond motifs is 2. The minimum Gasteiger partial charge on any atom is -0.496 e. The van der Waals surface area contributed by atoms with Gasteiger partial charge in [0.05, 0.1) is 29.8 Å². The lowest BCUT2D eigenvalue weighted by atomic mass is 10.0. The Morgan fingerprint density at radius 2 is 1.50 bits per heavy atom. The van der Waals surface area contributed by atoms with Crippen molar-refractivity contribution < 1.29 is 9.53 Å². The van der Waals surface area contributed by atoms with Gasteiger partial charge < -0.3 is 10.1 Å². The first-order valence-electron chi connectivity index (χ1n) is 12.5. The molecule has 2 heterocycles. The summed E-state index contributed by atoms with van der Waals surface area (Å²) in [5.41, 5.74) is 8.72. The van der Waals surface area contributed by atoms with E-state index in [1.807, 2.05) is 48.7 Å². The van der Waals surface area contributed by atoms with Gasteiger partial charge in [-0.1, -0.05) is 66.2 Å². The minimum atomic E-state index is -0.198. The van der Waals surface area contributed by atoms with E-state index in [1.165, 1.54) is 22.4 Å². The molecule has 190 valence electrons. The first kappa shape index (κ1) is 25.5. The standard InChI is InChI=1S/C17H16N2O2S.C15H13N/c1-21-15-10-12(22-2)7-8-13(15)17(20)19-16-9-11-5-3-4-6-14(11)18-16;1-11-6-8-12(9-7-11)15-10-13-4-2-3-5-14(13)16-15/h3-8,10H,9H2,1-2H3,(H,18,19,20);2-9H,10H2,1H3. The van der Waals surface area contributed by atoms with Crippen molar-refractivity contribution in [3.05, 3.63) is 119 Å². The van der Waals surface area contributed by atoms with Gasteiger partial charge in [0.15, 0.2) is 0 Å². The van der Waals surface area contributed by atoms with Gasteiger partial charge >= 0.3 is 0 Å². The van der Waals surface area contributed by atoms with Crippen LogP contribution in [-0.4, -0.2) is 30.8 Å².